The van der Waals surface area contributed by atoms with Crippen LogP contribution in [0.15, 0.2) is 12.2 Å². The number of hydrogen-bond donors (Lipinski definition) is 1. The van der Waals surface area contributed by atoms with Gasteiger partial charge in [0, 0.05) is 24.5 Å². The molecule has 1 N–H and O–H groups in total. The average molecular weight is 330 g/mol. The van der Waals surface area contributed by atoms with Gasteiger partial charge in [0.15, 0.2) is 0 Å². The van der Waals surface area contributed by atoms with E-state index >= 15 is 0 Å². The molecule has 0 aromatic rings. The minimum Gasteiger partial charge on any atom is -0.355 e. The third-order valence-corrected chi connectivity index (χ3v) is 8.40. The van der Waals surface area contributed by atoms with Crippen LogP contribution in [0.2, 0.25) is 0 Å². The van der Waals surface area contributed by atoms with Gasteiger partial charge in [-0.15, -0.1) is 0 Å². The Hall–Kier alpha value is -1.32. The van der Waals surface area contributed by atoms with E-state index in [0.29, 0.717) is 23.9 Å². The van der Waals surface area contributed by atoms with Gasteiger partial charge in [0.25, 0.3) is 0 Å². The topological polar surface area (TPSA) is 49.4 Å². The Morgan fingerprint density at radius 2 is 1.96 bits per heavy atom. The summed E-state index contributed by atoms with van der Waals surface area (Å²) in [5, 5.41) is 3.11. The number of rotatable bonds is 2. The van der Waals surface area contributed by atoms with Crippen LogP contribution in [0.1, 0.15) is 52.4 Å². The fourth-order valence-corrected chi connectivity index (χ4v) is 7.09. The second-order valence-corrected chi connectivity index (χ2v) is 9.08. The van der Waals surface area contributed by atoms with Crippen molar-refractivity contribution in [1.82, 2.24) is 10.2 Å². The van der Waals surface area contributed by atoms with Crippen molar-refractivity contribution in [3.05, 3.63) is 12.2 Å². The first-order valence-corrected chi connectivity index (χ1v) is 9.57. The van der Waals surface area contributed by atoms with Gasteiger partial charge in [-0.05, 0) is 67.8 Å². The van der Waals surface area contributed by atoms with Crippen molar-refractivity contribution in [3.63, 3.8) is 0 Å². The highest BCUT2D eigenvalue weighted by Crippen LogP contribution is 2.63. The van der Waals surface area contributed by atoms with Gasteiger partial charge >= 0.3 is 0 Å². The molecule has 0 aromatic carbocycles. The molecule has 1 aliphatic heterocycles. The molecule has 4 heteroatoms. The Morgan fingerprint density at radius 1 is 1.17 bits per heavy atom. The van der Waals surface area contributed by atoms with E-state index in [2.05, 4.69) is 25.2 Å². The van der Waals surface area contributed by atoms with Crippen LogP contribution in [0.25, 0.3) is 0 Å². The molecule has 4 rings (SSSR count). The molecule has 1 heterocycles. The number of carbonyl (C=O) groups excluding carboxylic acids is 2. The molecule has 0 spiro atoms. The number of nitrogens with zero attached hydrogens (tertiary/aromatic N) is 1. The normalized spacial score (nSPS) is 50.0. The van der Waals surface area contributed by atoms with Crippen LogP contribution in [0, 0.1) is 28.6 Å². The first-order valence-electron chi connectivity index (χ1n) is 9.57. The molecule has 3 aliphatic carbocycles. The van der Waals surface area contributed by atoms with Gasteiger partial charge in [-0.3, -0.25) is 9.59 Å². The second kappa shape index (κ2) is 5.34. The number of amides is 2. The van der Waals surface area contributed by atoms with Crippen molar-refractivity contribution in [3.8, 4) is 0 Å². The third kappa shape index (κ3) is 1.98. The van der Waals surface area contributed by atoms with Crippen LogP contribution in [-0.4, -0.2) is 36.3 Å². The summed E-state index contributed by atoms with van der Waals surface area (Å²) in [6.07, 6.45) is 12.0. The maximum Gasteiger partial charge on any atom is 0.246 e. The molecule has 0 radical (unpaired) electrons. The molecule has 24 heavy (non-hydrogen) atoms. The molecule has 2 amide bonds. The van der Waals surface area contributed by atoms with E-state index in [1.165, 1.54) is 25.7 Å². The molecular formula is C20H30N2O2. The number of carbonyl (C=O) groups is 2. The van der Waals surface area contributed by atoms with Crippen LogP contribution in [-0.2, 0) is 9.59 Å². The van der Waals surface area contributed by atoms with E-state index < -0.39 is 0 Å². The summed E-state index contributed by atoms with van der Waals surface area (Å²) in [6.45, 7) is 4.79. The molecule has 0 aromatic heterocycles. The van der Waals surface area contributed by atoms with E-state index in [1.807, 2.05) is 11.9 Å². The van der Waals surface area contributed by atoms with E-state index in [0.717, 1.165) is 25.2 Å². The highest BCUT2D eigenvalue weighted by atomic mass is 16.2. The second-order valence-electron chi connectivity index (χ2n) is 9.08. The van der Waals surface area contributed by atoms with Crippen LogP contribution < -0.4 is 5.32 Å². The Kier molecular flexibility index (Phi) is 3.59. The lowest BCUT2D eigenvalue weighted by atomic mass is 9.48. The van der Waals surface area contributed by atoms with Gasteiger partial charge in [0.2, 0.25) is 12.3 Å². The lowest BCUT2D eigenvalue weighted by Gasteiger charge is -2.60. The van der Waals surface area contributed by atoms with Gasteiger partial charge in [-0.2, -0.15) is 0 Å². The fraction of sp³-hybridized carbons (Fsp3) is 0.800. The first-order chi connectivity index (χ1) is 11.4. The predicted octanol–water partition coefficient (Wildman–Crippen LogP) is 2.74. The molecule has 4 aliphatic rings. The summed E-state index contributed by atoms with van der Waals surface area (Å²) >= 11 is 0. The van der Waals surface area contributed by atoms with Gasteiger partial charge < -0.3 is 10.2 Å². The predicted molar refractivity (Wildman–Crippen MR) is 93.1 cm³/mol. The van der Waals surface area contributed by atoms with Crippen molar-refractivity contribution in [2.75, 3.05) is 7.05 Å². The summed E-state index contributed by atoms with van der Waals surface area (Å²) in [4.78, 5) is 25.1. The summed E-state index contributed by atoms with van der Waals surface area (Å²) in [6, 6.07) is 0.698. The van der Waals surface area contributed by atoms with Gasteiger partial charge in [0.1, 0.15) is 0 Å². The summed E-state index contributed by atoms with van der Waals surface area (Å²) in [5.74, 6) is 2.27. The summed E-state index contributed by atoms with van der Waals surface area (Å²) in [5.41, 5.74) is 0.370. The zero-order valence-corrected chi connectivity index (χ0v) is 15.1. The molecule has 0 saturated heterocycles. The number of hydrogen-bond acceptors (Lipinski definition) is 2. The Labute approximate surface area is 145 Å². The Morgan fingerprint density at radius 3 is 2.71 bits per heavy atom. The van der Waals surface area contributed by atoms with Gasteiger partial charge in [-0.25, -0.2) is 0 Å². The summed E-state index contributed by atoms with van der Waals surface area (Å²) < 4.78 is 0. The minimum atomic E-state index is 0.114. The van der Waals surface area contributed by atoms with Gasteiger partial charge in [0.05, 0.1) is 0 Å². The van der Waals surface area contributed by atoms with Crippen molar-refractivity contribution < 1.29 is 9.59 Å². The number of likely N-dealkylation sites (N-methyl/N-ethyl adjacent to an activating group) is 1. The summed E-state index contributed by atoms with van der Waals surface area (Å²) in [7, 11) is 1.97. The fourth-order valence-electron chi connectivity index (χ4n) is 7.09. The smallest absolute Gasteiger partial charge is 0.246 e. The van der Waals surface area contributed by atoms with E-state index in [1.54, 1.807) is 6.08 Å². The standard InChI is InChI=1S/C20H30N2O2/c1-19-10-8-15-13(14(19)5-6-16(19)21-12-23)4-7-17-20(15,2)11-9-18(24)22(17)3/h9,11-17H,4-8,10H2,1-3H3,(H,21,23)/t13-,14-,15-,16?,17+,19-,20+/m0/s1. The molecular weight excluding hydrogens is 300 g/mol. The molecule has 0 bridgehead atoms. The van der Waals surface area contributed by atoms with E-state index in [-0.39, 0.29) is 16.7 Å². The maximum atomic E-state index is 12.1. The molecule has 7 atom stereocenters. The van der Waals surface area contributed by atoms with Crippen molar-refractivity contribution in [2.45, 2.75) is 64.5 Å². The minimum absolute atomic E-state index is 0.114. The number of fused-ring (bicyclic) bond motifs is 5. The lowest BCUT2D eigenvalue weighted by molar-refractivity contribution is -0.138. The van der Waals surface area contributed by atoms with Crippen molar-refractivity contribution >= 4 is 12.3 Å². The molecule has 1 unspecified atom stereocenters. The lowest BCUT2D eigenvalue weighted by Crippen LogP contribution is -2.60. The molecule has 132 valence electrons. The van der Waals surface area contributed by atoms with Crippen LogP contribution >= 0.6 is 0 Å². The first kappa shape index (κ1) is 16.2. The van der Waals surface area contributed by atoms with E-state index in [9.17, 15) is 9.59 Å². The number of nitrogens with one attached hydrogen (secondary N) is 1. The zero-order chi connectivity index (χ0) is 17.1. The zero-order valence-electron chi connectivity index (χ0n) is 15.1. The SMILES string of the molecule is CN1C(=O)C=C[C@]2(C)[C@H]3CC[C@]4(C)C(NC=O)CC[C@H]4[C@@H]3CC[C@@H]12. The maximum absolute atomic E-state index is 12.1. The Bertz CT molecular complexity index is 588. The van der Waals surface area contributed by atoms with Crippen molar-refractivity contribution in [1.29, 1.82) is 0 Å². The molecule has 3 saturated carbocycles. The van der Waals surface area contributed by atoms with Crippen LogP contribution in [0.5, 0.6) is 0 Å². The van der Waals surface area contributed by atoms with Crippen LogP contribution in [0.4, 0.5) is 0 Å². The molecule has 3 fully saturated rings. The highest BCUT2D eigenvalue weighted by molar-refractivity contribution is 5.89. The monoisotopic (exact) mass is 330 g/mol. The largest absolute Gasteiger partial charge is 0.355 e. The Balaban J connectivity index is 1.65. The van der Waals surface area contributed by atoms with Crippen molar-refractivity contribution in [2.24, 2.45) is 28.6 Å². The van der Waals surface area contributed by atoms with Gasteiger partial charge in [-0.1, -0.05) is 19.9 Å². The molecule has 4 nitrogen and oxygen atoms in total. The quantitative estimate of drug-likeness (QED) is 0.792. The van der Waals surface area contributed by atoms with Crippen LogP contribution in [0.3, 0.4) is 0 Å². The third-order valence-electron chi connectivity index (χ3n) is 8.40. The van der Waals surface area contributed by atoms with E-state index in [4.69, 9.17) is 0 Å². The highest BCUT2D eigenvalue weighted by Gasteiger charge is 2.60. The average Bonchev–Trinajstić information content (AvgIpc) is 2.89.